The van der Waals surface area contributed by atoms with Crippen LogP contribution in [0.25, 0.3) is 0 Å². The molecule has 1 atom stereocenters. The average Bonchev–Trinajstić information content (AvgIpc) is 2.84. The van der Waals surface area contributed by atoms with Gasteiger partial charge in [0.25, 0.3) is 10.2 Å². The summed E-state index contributed by atoms with van der Waals surface area (Å²) in [6.07, 6.45) is 2.92. The maximum Gasteiger partial charge on any atom is 0.306 e. The van der Waals surface area contributed by atoms with Gasteiger partial charge in [-0.1, -0.05) is 0 Å². The van der Waals surface area contributed by atoms with Crippen LogP contribution in [0.3, 0.4) is 0 Å². The average molecular weight is 319 g/mol. The molecule has 2 aliphatic heterocycles. The SMILES string of the molecule is CN1CCCC1CN(C)S(=O)(=O)N1CCC(C(=O)O)CC1. The first-order chi connectivity index (χ1) is 9.82. The van der Waals surface area contributed by atoms with Gasteiger partial charge in [-0.05, 0) is 39.3 Å². The Bertz CT molecular complexity index is 474. The first kappa shape index (κ1) is 16.7. The van der Waals surface area contributed by atoms with Gasteiger partial charge in [0.15, 0.2) is 0 Å². The fourth-order valence-corrected chi connectivity index (χ4v) is 4.56. The summed E-state index contributed by atoms with van der Waals surface area (Å²) in [5.74, 6) is -1.24. The zero-order valence-corrected chi connectivity index (χ0v) is 13.5. The largest absolute Gasteiger partial charge is 0.481 e. The number of rotatable bonds is 5. The van der Waals surface area contributed by atoms with Gasteiger partial charge in [-0.25, -0.2) is 0 Å². The van der Waals surface area contributed by atoms with E-state index in [1.54, 1.807) is 7.05 Å². The predicted molar refractivity (Wildman–Crippen MR) is 79.1 cm³/mol. The van der Waals surface area contributed by atoms with E-state index in [-0.39, 0.29) is 6.04 Å². The second-order valence-corrected chi connectivity index (χ2v) is 8.11. The molecule has 0 saturated carbocycles. The Morgan fingerprint density at radius 1 is 1.24 bits per heavy atom. The van der Waals surface area contributed by atoms with Crippen molar-refractivity contribution in [2.75, 3.05) is 40.3 Å². The minimum atomic E-state index is -3.47. The van der Waals surface area contributed by atoms with Crippen molar-refractivity contribution in [3.05, 3.63) is 0 Å². The summed E-state index contributed by atoms with van der Waals surface area (Å²) in [6.45, 7) is 2.11. The topological polar surface area (TPSA) is 81.2 Å². The lowest BCUT2D eigenvalue weighted by Gasteiger charge is -2.34. The highest BCUT2D eigenvalue weighted by atomic mass is 32.2. The van der Waals surface area contributed by atoms with Crippen LogP contribution >= 0.6 is 0 Å². The van der Waals surface area contributed by atoms with Crippen LogP contribution in [-0.4, -0.2) is 79.3 Å². The van der Waals surface area contributed by atoms with Crippen LogP contribution in [0.4, 0.5) is 0 Å². The Balaban J connectivity index is 1.93. The molecule has 122 valence electrons. The standard InChI is InChI=1S/C13H25N3O4S/c1-14-7-3-4-12(14)10-15(2)21(19,20)16-8-5-11(6-9-16)13(17)18/h11-12H,3-10H2,1-2H3,(H,17,18). The van der Waals surface area contributed by atoms with Crippen molar-refractivity contribution in [3.63, 3.8) is 0 Å². The molecule has 0 spiro atoms. The monoisotopic (exact) mass is 319 g/mol. The molecule has 0 radical (unpaired) electrons. The van der Waals surface area contributed by atoms with Crippen LogP contribution in [0, 0.1) is 5.92 Å². The highest BCUT2D eigenvalue weighted by Gasteiger charge is 2.35. The second kappa shape index (κ2) is 6.60. The molecule has 1 unspecified atom stereocenters. The third-order valence-electron chi connectivity index (χ3n) is 4.66. The number of carbonyl (C=O) groups is 1. The van der Waals surface area contributed by atoms with Gasteiger partial charge in [0.1, 0.15) is 0 Å². The highest BCUT2D eigenvalue weighted by Crippen LogP contribution is 2.22. The molecule has 0 amide bonds. The summed E-state index contributed by atoms with van der Waals surface area (Å²) in [5.41, 5.74) is 0. The zero-order chi connectivity index (χ0) is 15.6. The zero-order valence-electron chi connectivity index (χ0n) is 12.7. The normalized spacial score (nSPS) is 26.5. The molecular formula is C13H25N3O4S. The molecule has 2 aliphatic rings. The molecule has 2 heterocycles. The summed E-state index contributed by atoms with van der Waals surface area (Å²) in [4.78, 5) is 13.1. The lowest BCUT2D eigenvalue weighted by molar-refractivity contribution is -0.142. The van der Waals surface area contributed by atoms with Crippen LogP contribution in [0.1, 0.15) is 25.7 Å². The van der Waals surface area contributed by atoms with Gasteiger partial charge >= 0.3 is 5.97 Å². The van der Waals surface area contributed by atoms with Gasteiger partial charge in [0.05, 0.1) is 5.92 Å². The summed E-state index contributed by atoms with van der Waals surface area (Å²) >= 11 is 0. The van der Waals surface area contributed by atoms with Gasteiger partial charge in [-0.15, -0.1) is 0 Å². The summed E-state index contributed by atoms with van der Waals surface area (Å²) in [7, 11) is 0.165. The number of likely N-dealkylation sites (N-methyl/N-ethyl adjacent to an activating group) is 2. The smallest absolute Gasteiger partial charge is 0.306 e. The minimum absolute atomic E-state index is 0.279. The number of nitrogens with zero attached hydrogens (tertiary/aromatic N) is 3. The van der Waals surface area contributed by atoms with E-state index < -0.39 is 22.1 Å². The predicted octanol–water partition coefficient (Wildman–Crippen LogP) is 0.0538. The lowest BCUT2D eigenvalue weighted by Crippen LogP contribution is -2.49. The van der Waals surface area contributed by atoms with E-state index in [1.165, 1.54) is 8.61 Å². The van der Waals surface area contributed by atoms with Gasteiger partial charge < -0.3 is 10.0 Å². The molecular weight excluding hydrogens is 294 g/mol. The van der Waals surface area contributed by atoms with Crippen LogP contribution in [-0.2, 0) is 15.0 Å². The Kier molecular flexibility index (Phi) is 5.24. The van der Waals surface area contributed by atoms with Crippen molar-refractivity contribution < 1.29 is 18.3 Å². The van der Waals surface area contributed by atoms with Crippen molar-refractivity contribution in [2.45, 2.75) is 31.7 Å². The number of aliphatic carboxylic acids is 1. The molecule has 2 fully saturated rings. The lowest BCUT2D eigenvalue weighted by atomic mass is 9.99. The maximum atomic E-state index is 12.5. The number of hydrogen-bond acceptors (Lipinski definition) is 4. The third kappa shape index (κ3) is 3.74. The first-order valence-electron chi connectivity index (χ1n) is 7.47. The van der Waals surface area contributed by atoms with E-state index in [4.69, 9.17) is 5.11 Å². The van der Waals surface area contributed by atoms with Crippen LogP contribution in [0.5, 0.6) is 0 Å². The van der Waals surface area contributed by atoms with E-state index in [0.29, 0.717) is 32.5 Å². The summed E-state index contributed by atoms with van der Waals surface area (Å²) in [6, 6.07) is 0.279. The molecule has 0 aromatic heterocycles. The quantitative estimate of drug-likeness (QED) is 0.774. The van der Waals surface area contributed by atoms with E-state index in [0.717, 1.165) is 19.4 Å². The van der Waals surface area contributed by atoms with Gasteiger partial charge in [0, 0.05) is 32.7 Å². The van der Waals surface area contributed by atoms with Crippen LogP contribution in [0.2, 0.25) is 0 Å². The van der Waals surface area contributed by atoms with E-state index in [2.05, 4.69) is 4.90 Å². The number of carboxylic acids is 1. The Morgan fingerprint density at radius 3 is 2.33 bits per heavy atom. The maximum absolute atomic E-state index is 12.5. The molecule has 8 heteroatoms. The van der Waals surface area contributed by atoms with Gasteiger partial charge in [0.2, 0.25) is 0 Å². The number of hydrogen-bond donors (Lipinski definition) is 1. The first-order valence-corrected chi connectivity index (χ1v) is 8.86. The van der Waals surface area contributed by atoms with Gasteiger partial charge in [-0.3, -0.25) is 4.79 Å². The number of piperidine rings is 1. The third-order valence-corrected chi connectivity index (χ3v) is 6.62. The highest BCUT2D eigenvalue weighted by molar-refractivity contribution is 7.86. The summed E-state index contributed by atoms with van der Waals surface area (Å²) in [5, 5.41) is 8.97. The Labute approximate surface area is 126 Å². The van der Waals surface area contributed by atoms with E-state index in [1.807, 2.05) is 7.05 Å². The second-order valence-electron chi connectivity index (χ2n) is 6.08. The molecule has 7 nitrogen and oxygen atoms in total. The summed E-state index contributed by atoms with van der Waals surface area (Å²) < 4.78 is 27.9. The van der Waals surface area contributed by atoms with Crippen molar-refractivity contribution in [1.29, 1.82) is 0 Å². The molecule has 0 aromatic carbocycles. The van der Waals surface area contributed by atoms with Crippen LogP contribution in [0.15, 0.2) is 0 Å². The fraction of sp³-hybridized carbons (Fsp3) is 0.923. The number of carboxylic acid groups (broad SMARTS) is 1. The Morgan fingerprint density at radius 2 is 1.86 bits per heavy atom. The molecule has 0 bridgehead atoms. The van der Waals surface area contributed by atoms with Crippen molar-refractivity contribution in [1.82, 2.24) is 13.5 Å². The Hall–Kier alpha value is -0.700. The molecule has 2 saturated heterocycles. The van der Waals surface area contributed by atoms with Crippen molar-refractivity contribution in [2.24, 2.45) is 5.92 Å². The van der Waals surface area contributed by atoms with Gasteiger partial charge in [-0.2, -0.15) is 17.0 Å². The molecule has 1 N–H and O–H groups in total. The van der Waals surface area contributed by atoms with Crippen LogP contribution < -0.4 is 0 Å². The van der Waals surface area contributed by atoms with Crippen molar-refractivity contribution in [3.8, 4) is 0 Å². The molecule has 2 rings (SSSR count). The van der Waals surface area contributed by atoms with Crippen molar-refractivity contribution >= 4 is 16.2 Å². The number of likely N-dealkylation sites (tertiary alicyclic amines) is 1. The molecule has 21 heavy (non-hydrogen) atoms. The van der Waals surface area contributed by atoms with E-state index >= 15 is 0 Å². The minimum Gasteiger partial charge on any atom is -0.481 e. The van der Waals surface area contributed by atoms with E-state index in [9.17, 15) is 13.2 Å². The molecule has 0 aromatic rings. The fourth-order valence-electron chi connectivity index (χ4n) is 3.13. The molecule has 0 aliphatic carbocycles.